The Labute approximate surface area is 198 Å². The molecule has 12 heteroatoms. The average molecular weight is 479 g/mol. The molecule has 2 aromatic rings. The third-order valence-corrected chi connectivity index (χ3v) is 5.53. The Morgan fingerprint density at radius 2 is 1.94 bits per heavy atom. The molecule has 0 aliphatic carbocycles. The van der Waals surface area contributed by atoms with Crippen LogP contribution in [0.5, 0.6) is 5.88 Å². The van der Waals surface area contributed by atoms with Gasteiger partial charge in [-0.25, -0.2) is 23.6 Å². The first-order chi connectivity index (χ1) is 16.7. The Kier molecular flexibility index (Phi) is 6.19. The summed E-state index contributed by atoms with van der Waals surface area (Å²) in [5.74, 6) is -2.30. The molecule has 0 saturated carbocycles. The van der Waals surface area contributed by atoms with E-state index in [2.05, 4.69) is 10.3 Å². The van der Waals surface area contributed by atoms with Gasteiger partial charge in [-0.05, 0) is 31.1 Å². The van der Waals surface area contributed by atoms with E-state index >= 15 is 0 Å². The van der Waals surface area contributed by atoms with Gasteiger partial charge >= 0.3 is 11.7 Å². The van der Waals surface area contributed by atoms with Gasteiger partial charge in [0.25, 0.3) is 17.4 Å². The number of aromatic nitrogens is 3. The van der Waals surface area contributed by atoms with Crippen LogP contribution >= 0.6 is 0 Å². The summed E-state index contributed by atoms with van der Waals surface area (Å²) in [7, 11) is 3.54. The first kappa shape index (κ1) is 23.4. The van der Waals surface area contributed by atoms with Crippen molar-refractivity contribution >= 4 is 23.9 Å². The first-order valence-electron chi connectivity index (χ1n) is 10.7. The molecule has 0 radical (unpaired) electrons. The highest BCUT2D eigenvalue weighted by molar-refractivity contribution is 6.29. The highest BCUT2D eigenvalue weighted by Gasteiger charge is 2.38. The molecule has 4 heterocycles. The van der Waals surface area contributed by atoms with E-state index in [1.165, 1.54) is 6.08 Å². The van der Waals surface area contributed by atoms with Crippen LogP contribution in [0.4, 0.5) is 4.79 Å². The molecule has 2 aromatic heterocycles. The van der Waals surface area contributed by atoms with Crippen LogP contribution in [0.1, 0.15) is 18.4 Å². The van der Waals surface area contributed by atoms with Crippen molar-refractivity contribution in [2.75, 3.05) is 13.6 Å². The van der Waals surface area contributed by atoms with Gasteiger partial charge in [-0.1, -0.05) is 6.08 Å². The number of imide groups is 2. The number of urea groups is 1. The second kappa shape index (κ2) is 9.25. The van der Waals surface area contributed by atoms with E-state index in [1.54, 1.807) is 42.3 Å². The van der Waals surface area contributed by atoms with Crippen LogP contribution < -0.4 is 21.1 Å². The van der Waals surface area contributed by atoms with Crippen molar-refractivity contribution < 1.29 is 24.1 Å². The monoisotopic (exact) mass is 479 g/mol. The highest BCUT2D eigenvalue weighted by Crippen LogP contribution is 2.23. The van der Waals surface area contributed by atoms with Gasteiger partial charge < -0.3 is 10.0 Å². The average Bonchev–Trinajstić information content (AvgIpc) is 2.77. The molecular weight excluding hydrogens is 456 g/mol. The zero-order valence-electron chi connectivity index (χ0n) is 19.0. The summed E-state index contributed by atoms with van der Waals surface area (Å²) in [6.45, 7) is 0.777. The van der Waals surface area contributed by atoms with Crippen LogP contribution in [0, 0.1) is 0 Å². The van der Waals surface area contributed by atoms with Crippen LogP contribution in [-0.2, 0) is 16.6 Å². The predicted molar refractivity (Wildman–Crippen MR) is 123 cm³/mol. The summed E-state index contributed by atoms with van der Waals surface area (Å²) in [5.41, 5.74) is -1.51. The van der Waals surface area contributed by atoms with Crippen molar-refractivity contribution in [3.63, 3.8) is 0 Å². The number of H-pyrrole nitrogens is 1. The summed E-state index contributed by atoms with van der Waals surface area (Å²) >= 11 is 0. The zero-order chi connectivity index (χ0) is 25.3. The minimum atomic E-state index is -0.884. The van der Waals surface area contributed by atoms with E-state index in [1.807, 2.05) is 11.9 Å². The maximum absolute atomic E-state index is 13.0. The standard InChI is InChI=1S/C23H22N6O6/c1-26-10-4-6-14(12-26)28-20(32)16(18(30)24-22(28)34)8-3-9-17-19(31)25-23(35)29(21(17)33)15-7-5-11-27(2)13-15/h3-4,6,8-10,12-13H,5,7,11H2,1-2H3,(H2-,24,25,30,31,32,33,34,35)/p+1. The van der Waals surface area contributed by atoms with E-state index in [-0.39, 0.29) is 11.1 Å². The van der Waals surface area contributed by atoms with E-state index in [0.29, 0.717) is 17.8 Å². The molecule has 3 N–H and O–H groups in total. The van der Waals surface area contributed by atoms with E-state index in [9.17, 15) is 29.1 Å². The Morgan fingerprint density at radius 3 is 2.66 bits per heavy atom. The largest absolute Gasteiger partial charge is 0.494 e. The number of nitrogens with one attached hydrogen (secondary N) is 2. The molecule has 2 aliphatic heterocycles. The van der Waals surface area contributed by atoms with Crippen molar-refractivity contribution in [1.29, 1.82) is 0 Å². The lowest BCUT2D eigenvalue weighted by Crippen LogP contribution is -2.54. The van der Waals surface area contributed by atoms with Gasteiger partial charge in [0.2, 0.25) is 5.88 Å². The summed E-state index contributed by atoms with van der Waals surface area (Å²) in [5, 5.41) is 12.8. The lowest BCUT2D eigenvalue weighted by atomic mass is 10.1. The minimum absolute atomic E-state index is 0.263. The number of amides is 4. The zero-order valence-corrected chi connectivity index (χ0v) is 19.0. The first-order valence-corrected chi connectivity index (χ1v) is 10.7. The Balaban J connectivity index is 1.69. The van der Waals surface area contributed by atoms with Gasteiger partial charge in [-0.15, -0.1) is 0 Å². The third-order valence-electron chi connectivity index (χ3n) is 5.53. The molecule has 0 unspecified atom stereocenters. The number of hydrogen-bond acceptors (Lipinski definition) is 7. The predicted octanol–water partition coefficient (Wildman–Crippen LogP) is -0.359. The van der Waals surface area contributed by atoms with Crippen LogP contribution in [0.3, 0.4) is 0 Å². The number of nitrogens with zero attached hydrogens (tertiary/aromatic N) is 4. The summed E-state index contributed by atoms with van der Waals surface area (Å²) < 4.78 is 2.57. The molecule has 180 valence electrons. The second-order valence-corrected chi connectivity index (χ2v) is 8.10. The number of aryl methyl sites for hydroxylation is 1. The summed E-state index contributed by atoms with van der Waals surface area (Å²) in [4.78, 5) is 67.2. The van der Waals surface area contributed by atoms with Crippen LogP contribution in [0.2, 0.25) is 0 Å². The van der Waals surface area contributed by atoms with E-state index < -0.39 is 35.0 Å². The lowest BCUT2D eigenvalue weighted by Gasteiger charge is -2.32. The fourth-order valence-corrected chi connectivity index (χ4v) is 3.87. The number of carbonyl (C=O) groups excluding carboxylic acids is 3. The van der Waals surface area contributed by atoms with Gasteiger partial charge in [-0.2, -0.15) is 0 Å². The van der Waals surface area contributed by atoms with Gasteiger partial charge in [0.05, 0.1) is 0 Å². The maximum atomic E-state index is 13.0. The number of pyridine rings is 1. The molecule has 4 amide bonds. The molecule has 2 aliphatic rings. The number of rotatable bonds is 4. The van der Waals surface area contributed by atoms with Crippen molar-refractivity contribution in [3.05, 3.63) is 80.6 Å². The molecule has 35 heavy (non-hydrogen) atoms. The Morgan fingerprint density at radius 1 is 1.17 bits per heavy atom. The molecular formula is C23H23N6O6+. The van der Waals surface area contributed by atoms with Crippen LogP contribution in [-0.4, -0.2) is 55.9 Å². The number of barbiturate groups is 1. The SMILES string of the molecule is CN1C=C(N2C(=O)NC(=O)C(=CC=Cc3c(O)n(-c4ccc[n+](C)c4)c(=O)[nH]c3=O)C2=O)CCC1. The van der Waals surface area contributed by atoms with Crippen molar-refractivity contribution in [2.24, 2.45) is 7.05 Å². The second-order valence-electron chi connectivity index (χ2n) is 8.10. The molecule has 1 fully saturated rings. The lowest BCUT2D eigenvalue weighted by molar-refractivity contribution is -0.671. The molecule has 0 atom stereocenters. The van der Waals surface area contributed by atoms with Gasteiger partial charge in [0.15, 0.2) is 12.4 Å². The molecule has 0 spiro atoms. The highest BCUT2D eigenvalue weighted by atomic mass is 16.3. The van der Waals surface area contributed by atoms with Gasteiger partial charge in [-0.3, -0.25) is 24.7 Å². The van der Waals surface area contributed by atoms with Crippen LogP contribution in [0.15, 0.2) is 63.7 Å². The Hall–Kier alpha value is -4.74. The molecule has 4 rings (SSSR count). The number of hydrogen-bond donors (Lipinski definition) is 3. The fourth-order valence-electron chi connectivity index (χ4n) is 3.87. The van der Waals surface area contributed by atoms with Crippen molar-refractivity contribution in [1.82, 2.24) is 24.7 Å². The Bertz CT molecular complexity index is 1450. The molecule has 0 bridgehead atoms. The van der Waals surface area contributed by atoms with Gasteiger partial charge in [0, 0.05) is 31.6 Å². The molecule has 0 aromatic carbocycles. The van der Waals surface area contributed by atoms with Gasteiger partial charge in [0.1, 0.15) is 23.9 Å². The third kappa shape index (κ3) is 4.53. The normalized spacial score (nSPS) is 17.8. The number of carbonyl (C=O) groups is 3. The number of aromatic hydroxyl groups is 1. The van der Waals surface area contributed by atoms with Crippen molar-refractivity contribution in [3.8, 4) is 11.6 Å². The molecule has 1 saturated heterocycles. The minimum Gasteiger partial charge on any atom is -0.494 e. The topological polar surface area (TPSA) is 149 Å². The molecule has 12 nitrogen and oxygen atoms in total. The quantitative estimate of drug-likeness (QED) is 0.308. The number of allylic oxidation sites excluding steroid dienone is 3. The smallest absolute Gasteiger partial charge is 0.336 e. The van der Waals surface area contributed by atoms with E-state index in [4.69, 9.17) is 0 Å². The maximum Gasteiger partial charge on any atom is 0.336 e. The summed E-state index contributed by atoms with van der Waals surface area (Å²) in [6, 6.07) is 2.40. The fraction of sp³-hybridized carbons (Fsp3) is 0.217. The van der Waals surface area contributed by atoms with E-state index in [0.717, 1.165) is 34.6 Å². The summed E-state index contributed by atoms with van der Waals surface area (Å²) in [6.07, 6.45) is 9.72. The van der Waals surface area contributed by atoms with Crippen molar-refractivity contribution in [2.45, 2.75) is 12.8 Å². The number of aromatic amines is 1. The van der Waals surface area contributed by atoms with Crippen LogP contribution in [0.25, 0.3) is 11.8 Å².